The van der Waals surface area contributed by atoms with Crippen molar-refractivity contribution in [3.63, 3.8) is 0 Å². The number of hydrogen-bond donors (Lipinski definition) is 1. The van der Waals surface area contributed by atoms with Gasteiger partial charge in [-0.3, -0.25) is 24.0 Å². The van der Waals surface area contributed by atoms with Crippen LogP contribution in [0, 0.1) is 40.4 Å². The van der Waals surface area contributed by atoms with Crippen molar-refractivity contribution in [3.8, 4) is 0 Å². The molecule has 0 aromatic heterocycles. The van der Waals surface area contributed by atoms with Crippen molar-refractivity contribution in [1.29, 1.82) is 0 Å². The van der Waals surface area contributed by atoms with Gasteiger partial charge in [-0.1, -0.05) is 39.0 Å². The predicted molar refractivity (Wildman–Crippen MR) is 162 cm³/mol. The van der Waals surface area contributed by atoms with Gasteiger partial charge in [-0.25, -0.2) is 4.79 Å². The summed E-state index contributed by atoms with van der Waals surface area (Å²) in [5.41, 5.74) is -6.57. The monoisotopic (exact) mass is 656 g/mol. The molecule has 1 aromatic carbocycles. The lowest BCUT2D eigenvalue weighted by Crippen LogP contribution is -2.66. The third-order valence-corrected chi connectivity index (χ3v) is 11.3. The van der Waals surface area contributed by atoms with Gasteiger partial charge in [0.25, 0.3) is 0 Å². The largest absolute Gasteiger partial charge is 0.465 e. The lowest BCUT2D eigenvalue weighted by molar-refractivity contribution is -0.231. The van der Waals surface area contributed by atoms with Gasteiger partial charge in [0.05, 0.1) is 16.9 Å². The molecule has 256 valence electrons. The van der Waals surface area contributed by atoms with Gasteiger partial charge in [-0.2, -0.15) is 0 Å². The fourth-order valence-corrected chi connectivity index (χ4v) is 9.62. The number of fused-ring (bicyclic) bond motifs is 4. The third kappa shape index (κ3) is 5.42. The van der Waals surface area contributed by atoms with E-state index >= 15 is 4.79 Å². The highest BCUT2D eigenvalue weighted by Crippen LogP contribution is 2.76. The van der Waals surface area contributed by atoms with Gasteiger partial charge in [-0.15, -0.1) is 0 Å². The molecule has 4 fully saturated rings. The molecule has 0 bridgehead atoms. The molecule has 12 heteroatoms. The molecule has 4 aliphatic rings. The smallest absolute Gasteiger partial charge is 0.338 e. The van der Waals surface area contributed by atoms with Crippen LogP contribution >= 0.6 is 0 Å². The van der Waals surface area contributed by atoms with Crippen molar-refractivity contribution in [1.82, 2.24) is 0 Å². The maximum Gasteiger partial charge on any atom is 0.338 e. The average molecular weight is 657 g/mol. The molecular formula is C35H44O12. The van der Waals surface area contributed by atoms with Crippen molar-refractivity contribution in [2.45, 2.75) is 97.7 Å². The van der Waals surface area contributed by atoms with Gasteiger partial charge >= 0.3 is 29.8 Å². The van der Waals surface area contributed by atoms with E-state index in [0.717, 1.165) is 6.92 Å². The van der Waals surface area contributed by atoms with E-state index in [1.807, 2.05) is 13.8 Å². The first kappa shape index (κ1) is 34.5. The SMILES string of the molecule is CC(=O)OC[C@]12[C@H](OC(=O)c3ccccc3)[C@H]3[C@@H](OC(C)=O)[C@@H](C)C[C@]3(O)C(=O)[C@@](C)(OC(C)=O)[C@@H]1[C@@H]1[C@H](C[C@H]2OC(C)=O)C1(C)C. The van der Waals surface area contributed by atoms with Crippen LogP contribution < -0.4 is 0 Å². The van der Waals surface area contributed by atoms with Gasteiger partial charge in [0, 0.05) is 33.6 Å². The topological polar surface area (TPSA) is 169 Å². The third-order valence-electron chi connectivity index (χ3n) is 11.3. The zero-order valence-corrected chi connectivity index (χ0v) is 28.1. The Morgan fingerprint density at radius 3 is 2.02 bits per heavy atom. The second kappa shape index (κ2) is 11.7. The highest BCUT2D eigenvalue weighted by Gasteiger charge is 2.84. The summed E-state index contributed by atoms with van der Waals surface area (Å²) >= 11 is 0. The standard InChI is InChI=1S/C35H44O12/c1-17-15-35(42)26(27(17)45-20(4)38)29(46-30(40)22-12-10-9-11-13-22)34(16-43-18(2)36)24(44-19(3)37)14-23-25(32(23,6)7)28(34)33(8,31(35)41)47-21(5)39/h9-13,17,23-29,42H,14-16H2,1-8H3/t17-,23-,24+,25-,26+,27-,28-,29+,33-,34+,35+/m0/s1. The number of hydrogen-bond acceptors (Lipinski definition) is 12. The van der Waals surface area contributed by atoms with E-state index in [0.29, 0.717) is 0 Å². The van der Waals surface area contributed by atoms with E-state index in [1.54, 1.807) is 25.1 Å². The highest BCUT2D eigenvalue weighted by atomic mass is 16.6. The van der Waals surface area contributed by atoms with Crippen LogP contribution in [0.25, 0.3) is 0 Å². The van der Waals surface area contributed by atoms with Crippen LogP contribution in [0.5, 0.6) is 0 Å². The summed E-state index contributed by atoms with van der Waals surface area (Å²) in [6.45, 7) is 11.3. The van der Waals surface area contributed by atoms with E-state index < -0.39 is 106 Å². The molecule has 0 saturated heterocycles. The number of carbonyl (C=O) groups excluding carboxylic acids is 6. The van der Waals surface area contributed by atoms with Crippen LogP contribution in [0.2, 0.25) is 0 Å². The molecule has 47 heavy (non-hydrogen) atoms. The van der Waals surface area contributed by atoms with Gasteiger partial charge in [0.15, 0.2) is 5.60 Å². The van der Waals surface area contributed by atoms with Crippen molar-refractivity contribution < 1.29 is 57.6 Å². The Morgan fingerprint density at radius 2 is 1.47 bits per heavy atom. The molecule has 0 unspecified atom stereocenters. The van der Waals surface area contributed by atoms with Crippen LogP contribution in [0.4, 0.5) is 0 Å². The Labute approximate surface area is 273 Å². The summed E-state index contributed by atoms with van der Waals surface area (Å²) in [7, 11) is 0. The molecule has 11 atom stereocenters. The first-order valence-electron chi connectivity index (χ1n) is 16.0. The molecule has 0 amide bonds. The number of carbonyl (C=O) groups is 6. The zero-order valence-electron chi connectivity index (χ0n) is 28.1. The average Bonchev–Trinajstić information content (AvgIpc) is 3.41. The minimum atomic E-state index is -2.36. The van der Waals surface area contributed by atoms with Crippen LogP contribution in [-0.4, -0.2) is 76.9 Å². The summed E-state index contributed by atoms with van der Waals surface area (Å²) in [5.74, 6) is -8.31. The van der Waals surface area contributed by atoms with E-state index in [-0.39, 0.29) is 24.3 Å². The second-order valence-electron chi connectivity index (χ2n) is 14.6. The van der Waals surface area contributed by atoms with Gasteiger partial charge in [0.1, 0.15) is 30.5 Å². The molecule has 1 aromatic rings. The molecule has 5 rings (SSSR count). The lowest BCUT2D eigenvalue weighted by atomic mass is 9.55. The quantitative estimate of drug-likeness (QED) is 0.337. The molecule has 12 nitrogen and oxygen atoms in total. The van der Waals surface area contributed by atoms with Crippen LogP contribution in [0.15, 0.2) is 30.3 Å². The van der Waals surface area contributed by atoms with E-state index in [4.69, 9.17) is 23.7 Å². The maximum absolute atomic E-state index is 15.1. The summed E-state index contributed by atoms with van der Waals surface area (Å²) in [5, 5.41) is 12.7. The Kier molecular flexibility index (Phi) is 8.61. The second-order valence-corrected chi connectivity index (χ2v) is 14.6. The number of rotatable bonds is 7. The fourth-order valence-electron chi connectivity index (χ4n) is 9.62. The number of ketones is 1. The van der Waals surface area contributed by atoms with Crippen LogP contribution in [-0.2, 0) is 47.7 Å². The predicted octanol–water partition coefficient (Wildman–Crippen LogP) is 3.21. The number of benzene rings is 1. The molecule has 1 N–H and O–H groups in total. The highest BCUT2D eigenvalue weighted by molar-refractivity contribution is 5.98. The van der Waals surface area contributed by atoms with Crippen molar-refractivity contribution in [2.24, 2.45) is 40.4 Å². The number of Topliss-reactive ketones (excluding diaryl/α,β-unsaturated/α-hetero) is 1. The number of ether oxygens (including phenoxy) is 5. The molecule has 0 aliphatic heterocycles. The Balaban J connectivity index is 1.90. The lowest BCUT2D eigenvalue weighted by Gasteiger charge is -2.55. The normalized spacial score (nSPS) is 39.6. The first-order chi connectivity index (χ1) is 21.8. The summed E-state index contributed by atoms with van der Waals surface area (Å²) in [6, 6.07) is 8.04. The number of esters is 5. The summed E-state index contributed by atoms with van der Waals surface area (Å²) in [6.07, 6.45) is -3.87. The molecular weight excluding hydrogens is 612 g/mol. The van der Waals surface area contributed by atoms with E-state index in [9.17, 15) is 29.1 Å². The van der Waals surface area contributed by atoms with Gasteiger partial charge in [0.2, 0.25) is 5.78 Å². The first-order valence-corrected chi connectivity index (χ1v) is 16.0. The molecule has 4 saturated carbocycles. The number of aliphatic hydroxyl groups is 1. The summed E-state index contributed by atoms with van der Waals surface area (Å²) in [4.78, 5) is 80.0. The van der Waals surface area contributed by atoms with Crippen molar-refractivity contribution in [2.75, 3.05) is 6.61 Å². The van der Waals surface area contributed by atoms with Gasteiger partial charge in [-0.05, 0) is 55.1 Å². The van der Waals surface area contributed by atoms with Crippen LogP contribution in [0.1, 0.15) is 78.6 Å². The maximum atomic E-state index is 15.1. The Hall–Kier alpha value is -3.80. The van der Waals surface area contributed by atoms with Gasteiger partial charge < -0.3 is 28.8 Å². The van der Waals surface area contributed by atoms with Crippen LogP contribution in [0.3, 0.4) is 0 Å². The Bertz CT molecular complexity index is 1490. The summed E-state index contributed by atoms with van der Waals surface area (Å²) < 4.78 is 30.1. The van der Waals surface area contributed by atoms with Crippen molar-refractivity contribution in [3.05, 3.63) is 35.9 Å². The Morgan fingerprint density at radius 1 is 0.851 bits per heavy atom. The minimum absolute atomic E-state index is 0.146. The fraction of sp³-hybridized carbons (Fsp3) is 0.657. The van der Waals surface area contributed by atoms with E-state index in [2.05, 4.69) is 0 Å². The minimum Gasteiger partial charge on any atom is -0.465 e. The molecule has 0 spiro atoms. The van der Waals surface area contributed by atoms with E-state index in [1.165, 1.54) is 39.8 Å². The molecule has 0 heterocycles. The zero-order chi connectivity index (χ0) is 34.9. The van der Waals surface area contributed by atoms with Crippen molar-refractivity contribution >= 4 is 35.6 Å². The molecule has 4 aliphatic carbocycles. The molecule has 0 radical (unpaired) electrons.